The van der Waals surface area contributed by atoms with Gasteiger partial charge in [-0.1, -0.05) is 12.1 Å². The van der Waals surface area contributed by atoms with Gasteiger partial charge >= 0.3 is 0 Å². The van der Waals surface area contributed by atoms with Gasteiger partial charge in [-0.15, -0.1) is 0 Å². The molecule has 0 amide bonds. The van der Waals surface area contributed by atoms with Crippen LogP contribution in [0.1, 0.15) is 34.8 Å². The van der Waals surface area contributed by atoms with E-state index in [9.17, 15) is 0 Å². The van der Waals surface area contributed by atoms with Gasteiger partial charge in [0.25, 0.3) is 0 Å². The fourth-order valence-corrected chi connectivity index (χ4v) is 3.98. The molecule has 0 aliphatic carbocycles. The number of hydrogen-bond acceptors (Lipinski definition) is 5. The molecule has 1 aromatic heterocycles. The molecule has 4 rings (SSSR count). The van der Waals surface area contributed by atoms with Gasteiger partial charge < -0.3 is 15.0 Å². The molecule has 2 aromatic carbocycles. The molecule has 5 heteroatoms. The average Bonchev–Trinajstić information content (AvgIpc) is 2.72. The fraction of sp³-hybridized carbons (Fsp3) is 0.391. The minimum absolute atomic E-state index is 0.0689. The first-order chi connectivity index (χ1) is 13.7. The van der Waals surface area contributed by atoms with Crippen molar-refractivity contribution >= 4 is 11.0 Å². The third kappa shape index (κ3) is 3.86. The first-order valence-electron chi connectivity index (χ1n) is 9.95. The second-order valence-electron chi connectivity index (χ2n) is 7.69. The van der Waals surface area contributed by atoms with Crippen molar-refractivity contribution in [3.8, 4) is 5.75 Å². The predicted molar refractivity (Wildman–Crippen MR) is 113 cm³/mol. The summed E-state index contributed by atoms with van der Waals surface area (Å²) in [5, 5.41) is 3.64. The highest BCUT2D eigenvalue weighted by Crippen LogP contribution is 2.34. The fourth-order valence-electron chi connectivity index (χ4n) is 3.98. The molecule has 1 aliphatic heterocycles. The van der Waals surface area contributed by atoms with Crippen molar-refractivity contribution in [2.24, 2.45) is 0 Å². The highest BCUT2D eigenvalue weighted by molar-refractivity contribution is 5.73. The standard InChI is InChI=1S/C23H28N4O/c1-27(2)12-6-7-17-13-18-16(14-22(17)28-3)10-11-24-23(18)21-15-25-19-8-4-5-9-20(19)26-21/h4-5,8-9,13-15,23-24H,6-7,10-12H2,1-3H3/t23-/m0/s1. The van der Waals surface area contributed by atoms with Crippen molar-refractivity contribution in [3.05, 3.63) is 65.0 Å². The summed E-state index contributed by atoms with van der Waals surface area (Å²) in [5.74, 6) is 1.00. The summed E-state index contributed by atoms with van der Waals surface area (Å²) in [4.78, 5) is 11.7. The summed E-state index contributed by atoms with van der Waals surface area (Å²) in [5.41, 5.74) is 6.76. The Bertz CT molecular complexity index is 970. The van der Waals surface area contributed by atoms with Gasteiger partial charge in [-0.3, -0.25) is 4.98 Å². The van der Waals surface area contributed by atoms with Gasteiger partial charge in [0, 0.05) is 6.54 Å². The summed E-state index contributed by atoms with van der Waals surface area (Å²) in [6.45, 7) is 1.99. The number of nitrogens with one attached hydrogen (secondary N) is 1. The Morgan fingerprint density at radius 2 is 2.00 bits per heavy atom. The molecule has 2 heterocycles. The van der Waals surface area contributed by atoms with Crippen LogP contribution in [0.15, 0.2) is 42.6 Å². The number of aryl methyl sites for hydroxylation is 1. The Morgan fingerprint density at radius 1 is 1.18 bits per heavy atom. The maximum atomic E-state index is 5.71. The summed E-state index contributed by atoms with van der Waals surface area (Å²) < 4.78 is 5.71. The number of methoxy groups -OCH3 is 1. The van der Waals surface area contributed by atoms with E-state index in [1.54, 1.807) is 7.11 Å². The van der Waals surface area contributed by atoms with Crippen LogP contribution in [0.4, 0.5) is 0 Å². The molecule has 5 nitrogen and oxygen atoms in total. The van der Waals surface area contributed by atoms with E-state index < -0.39 is 0 Å². The summed E-state index contributed by atoms with van der Waals surface area (Å²) >= 11 is 0. The number of fused-ring (bicyclic) bond motifs is 2. The Balaban J connectivity index is 1.70. The maximum Gasteiger partial charge on any atom is 0.122 e. The molecular formula is C23H28N4O. The summed E-state index contributed by atoms with van der Waals surface area (Å²) in [6, 6.07) is 12.6. The molecule has 0 spiro atoms. The maximum absolute atomic E-state index is 5.71. The number of benzene rings is 2. The molecular weight excluding hydrogens is 348 g/mol. The van der Waals surface area contributed by atoms with Gasteiger partial charge in [0.2, 0.25) is 0 Å². The van der Waals surface area contributed by atoms with Crippen LogP contribution in [0.3, 0.4) is 0 Å². The Hall–Kier alpha value is -2.50. The minimum atomic E-state index is 0.0689. The van der Waals surface area contributed by atoms with E-state index in [1.165, 1.54) is 16.7 Å². The van der Waals surface area contributed by atoms with Crippen molar-refractivity contribution in [1.29, 1.82) is 0 Å². The average molecular weight is 377 g/mol. The molecule has 0 saturated carbocycles. The molecule has 0 unspecified atom stereocenters. The van der Waals surface area contributed by atoms with E-state index in [1.807, 2.05) is 30.5 Å². The lowest BCUT2D eigenvalue weighted by molar-refractivity contribution is 0.390. The van der Waals surface area contributed by atoms with Crippen molar-refractivity contribution in [3.63, 3.8) is 0 Å². The third-order valence-corrected chi connectivity index (χ3v) is 5.41. The predicted octanol–water partition coefficient (Wildman–Crippen LogP) is 3.37. The minimum Gasteiger partial charge on any atom is -0.496 e. The van der Waals surface area contributed by atoms with Crippen LogP contribution >= 0.6 is 0 Å². The number of aromatic nitrogens is 2. The SMILES string of the molecule is COc1cc2c(cc1CCCN(C)C)[C@@H](c1cnc3ccccc3n1)NCC2. The highest BCUT2D eigenvalue weighted by Gasteiger charge is 2.25. The molecule has 1 aliphatic rings. The molecule has 146 valence electrons. The number of para-hydroxylation sites is 2. The van der Waals surface area contributed by atoms with Gasteiger partial charge in [-0.05, 0) is 80.9 Å². The highest BCUT2D eigenvalue weighted by atomic mass is 16.5. The third-order valence-electron chi connectivity index (χ3n) is 5.41. The molecule has 28 heavy (non-hydrogen) atoms. The normalized spacial score (nSPS) is 16.4. The van der Waals surface area contributed by atoms with Crippen LogP contribution in [0.2, 0.25) is 0 Å². The van der Waals surface area contributed by atoms with Crippen LogP contribution in [-0.2, 0) is 12.8 Å². The largest absolute Gasteiger partial charge is 0.496 e. The second-order valence-corrected chi connectivity index (χ2v) is 7.69. The molecule has 3 aromatic rings. The monoisotopic (exact) mass is 376 g/mol. The van der Waals surface area contributed by atoms with E-state index in [0.717, 1.165) is 54.8 Å². The van der Waals surface area contributed by atoms with Gasteiger partial charge in [-0.25, -0.2) is 4.98 Å². The Kier molecular flexibility index (Phi) is 5.55. The van der Waals surface area contributed by atoms with E-state index in [0.29, 0.717) is 0 Å². The molecule has 0 bridgehead atoms. The van der Waals surface area contributed by atoms with Crippen LogP contribution in [0.25, 0.3) is 11.0 Å². The zero-order valence-corrected chi connectivity index (χ0v) is 16.9. The number of ether oxygens (including phenoxy) is 1. The molecule has 1 atom stereocenters. The van der Waals surface area contributed by atoms with E-state index in [-0.39, 0.29) is 6.04 Å². The Labute approximate surface area is 166 Å². The first kappa shape index (κ1) is 18.8. The van der Waals surface area contributed by atoms with Gasteiger partial charge in [0.1, 0.15) is 5.75 Å². The van der Waals surface area contributed by atoms with E-state index in [4.69, 9.17) is 9.72 Å². The van der Waals surface area contributed by atoms with Crippen molar-refractivity contribution in [1.82, 2.24) is 20.2 Å². The van der Waals surface area contributed by atoms with Gasteiger partial charge in [0.15, 0.2) is 0 Å². The van der Waals surface area contributed by atoms with Crippen LogP contribution in [-0.4, -0.2) is 49.2 Å². The Morgan fingerprint density at radius 3 is 2.79 bits per heavy atom. The van der Waals surface area contributed by atoms with E-state index >= 15 is 0 Å². The lowest BCUT2D eigenvalue weighted by Crippen LogP contribution is -2.31. The quantitative estimate of drug-likeness (QED) is 0.715. The second kappa shape index (κ2) is 8.25. The van der Waals surface area contributed by atoms with Crippen molar-refractivity contribution in [2.75, 3.05) is 34.3 Å². The molecule has 1 N–H and O–H groups in total. The molecule has 0 saturated heterocycles. The van der Waals surface area contributed by atoms with Crippen LogP contribution in [0, 0.1) is 0 Å². The lowest BCUT2D eigenvalue weighted by atomic mass is 9.89. The zero-order chi connectivity index (χ0) is 19.5. The smallest absolute Gasteiger partial charge is 0.122 e. The number of hydrogen-bond donors (Lipinski definition) is 1. The van der Waals surface area contributed by atoms with Crippen molar-refractivity contribution in [2.45, 2.75) is 25.3 Å². The van der Waals surface area contributed by atoms with Crippen molar-refractivity contribution < 1.29 is 4.74 Å². The van der Waals surface area contributed by atoms with Gasteiger partial charge in [0.05, 0.1) is 36.1 Å². The lowest BCUT2D eigenvalue weighted by Gasteiger charge is -2.28. The summed E-state index contributed by atoms with van der Waals surface area (Å²) in [6.07, 6.45) is 5.02. The molecule has 0 fully saturated rings. The van der Waals surface area contributed by atoms with E-state index in [2.05, 4.69) is 41.4 Å². The molecule has 0 radical (unpaired) electrons. The van der Waals surface area contributed by atoms with Crippen LogP contribution < -0.4 is 10.1 Å². The zero-order valence-electron chi connectivity index (χ0n) is 16.9. The summed E-state index contributed by atoms with van der Waals surface area (Å²) in [7, 11) is 6.00. The van der Waals surface area contributed by atoms with Crippen LogP contribution in [0.5, 0.6) is 5.75 Å². The number of rotatable bonds is 6. The first-order valence-corrected chi connectivity index (χ1v) is 9.95. The topological polar surface area (TPSA) is 50.3 Å². The number of nitrogens with zero attached hydrogens (tertiary/aromatic N) is 3. The van der Waals surface area contributed by atoms with Gasteiger partial charge in [-0.2, -0.15) is 0 Å².